The van der Waals surface area contributed by atoms with Crippen LogP contribution >= 0.6 is 0 Å². The van der Waals surface area contributed by atoms with Crippen molar-refractivity contribution in [1.29, 1.82) is 0 Å². The van der Waals surface area contributed by atoms with Gasteiger partial charge in [-0.05, 0) is 35.7 Å². The van der Waals surface area contributed by atoms with E-state index in [1.165, 1.54) is 18.2 Å². The number of carbonyl (C=O) groups is 1. The predicted molar refractivity (Wildman–Crippen MR) is 84.6 cm³/mol. The van der Waals surface area contributed by atoms with Crippen LogP contribution in [0.2, 0.25) is 0 Å². The van der Waals surface area contributed by atoms with Gasteiger partial charge in [0.05, 0.1) is 11.3 Å². The number of halogens is 1. The van der Waals surface area contributed by atoms with Gasteiger partial charge in [0.1, 0.15) is 5.82 Å². The Morgan fingerprint density at radius 2 is 1.74 bits per heavy atom. The maximum Gasteiger partial charge on any atom is 0.238 e. The van der Waals surface area contributed by atoms with Crippen LogP contribution in [-0.4, -0.2) is 20.9 Å². The Morgan fingerprint density at radius 1 is 1.09 bits per heavy atom. The average molecular weight is 336 g/mol. The second-order valence-corrected chi connectivity index (χ2v) is 6.62. The van der Waals surface area contributed by atoms with E-state index in [1.54, 1.807) is 30.3 Å². The molecule has 1 amide bonds. The molecule has 0 fully saturated rings. The maximum atomic E-state index is 13.4. The lowest BCUT2D eigenvalue weighted by Gasteiger charge is -2.07. The molecule has 23 heavy (non-hydrogen) atoms. The SMILES string of the molecule is NS(=O)(=O)c1ccc(CCNC(=O)Cc2ccccc2F)cc1. The maximum absolute atomic E-state index is 13.4. The van der Waals surface area contributed by atoms with Crippen LogP contribution in [0.4, 0.5) is 4.39 Å². The summed E-state index contributed by atoms with van der Waals surface area (Å²) in [5, 5.41) is 7.72. The fraction of sp³-hybridized carbons (Fsp3) is 0.188. The third kappa shape index (κ3) is 5.15. The lowest BCUT2D eigenvalue weighted by atomic mass is 10.1. The van der Waals surface area contributed by atoms with E-state index in [4.69, 9.17) is 5.14 Å². The standard InChI is InChI=1S/C16H17FN2O3S/c17-15-4-2-1-3-13(15)11-16(20)19-10-9-12-5-7-14(8-6-12)23(18,21)22/h1-8H,9-11H2,(H,19,20)(H2,18,21,22). The highest BCUT2D eigenvalue weighted by atomic mass is 32.2. The lowest BCUT2D eigenvalue weighted by molar-refractivity contribution is -0.120. The first-order chi connectivity index (χ1) is 10.9. The zero-order chi connectivity index (χ0) is 16.9. The molecule has 5 nitrogen and oxygen atoms in total. The first-order valence-corrected chi connectivity index (χ1v) is 8.53. The van der Waals surface area contributed by atoms with E-state index in [2.05, 4.69) is 5.32 Å². The van der Waals surface area contributed by atoms with E-state index >= 15 is 0 Å². The van der Waals surface area contributed by atoms with Gasteiger partial charge < -0.3 is 5.32 Å². The van der Waals surface area contributed by atoms with Gasteiger partial charge in [0.25, 0.3) is 0 Å². The van der Waals surface area contributed by atoms with Crippen molar-refractivity contribution in [3.05, 3.63) is 65.5 Å². The number of carbonyl (C=O) groups excluding carboxylic acids is 1. The van der Waals surface area contributed by atoms with Crippen LogP contribution in [-0.2, 0) is 27.7 Å². The van der Waals surface area contributed by atoms with Gasteiger partial charge in [0.15, 0.2) is 0 Å². The van der Waals surface area contributed by atoms with Crippen molar-refractivity contribution >= 4 is 15.9 Å². The van der Waals surface area contributed by atoms with Gasteiger partial charge in [-0.15, -0.1) is 0 Å². The van der Waals surface area contributed by atoms with E-state index in [-0.39, 0.29) is 17.2 Å². The molecule has 0 aliphatic rings. The summed E-state index contributed by atoms with van der Waals surface area (Å²) in [6.07, 6.45) is 0.519. The number of primary sulfonamides is 1. The summed E-state index contributed by atoms with van der Waals surface area (Å²) >= 11 is 0. The number of nitrogens with one attached hydrogen (secondary N) is 1. The van der Waals surface area contributed by atoms with Gasteiger partial charge in [-0.3, -0.25) is 4.79 Å². The van der Waals surface area contributed by atoms with E-state index < -0.39 is 15.8 Å². The second-order valence-electron chi connectivity index (χ2n) is 5.06. The molecular formula is C16H17FN2O3S. The first kappa shape index (κ1) is 17.1. The number of hydrogen-bond donors (Lipinski definition) is 2. The van der Waals surface area contributed by atoms with Crippen LogP contribution < -0.4 is 10.5 Å². The van der Waals surface area contributed by atoms with Gasteiger partial charge in [0.2, 0.25) is 15.9 Å². The van der Waals surface area contributed by atoms with Crippen molar-refractivity contribution in [2.75, 3.05) is 6.54 Å². The van der Waals surface area contributed by atoms with Gasteiger partial charge in [-0.1, -0.05) is 30.3 Å². The van der Waals surface area contributed by atoms with Gasteiger partial charge in [0, 0.05) is 6.54 Å². The van der Waals surface area contributed by atoms with Crippen LogP contribution in [0.25, 0.3) is 0 Å². The molecule has 0 aliphatic carbocycles. The van der Waals surface area contributed by atoms with Gasteiger partial charge in [-0.2, -0.15) is 0 Å². The highest BCUT2D eigenvalue weighted by Gasteiger charge is 2.08. The molecule has 122 valence electrons. The van der Waals surface area contributed by atoms with Crippen LogP contribution in [0.3, 0.4) is 0 Å². The third-order valence-electron chi connectivity index (χ3n) is 3.30. The highest BCUT2D eigenvalue weighted by Crippen LogP contribution is 2.09. The molecule has 2 aromatic carbocycles. The molecule has 0 spiro atoms. The summed E-state index contributed by atoms with van der Waals surface area (Å²) in [4.78, 5) is 11.8. The topological polar surface area (TPSA) is 89.3 Å². The summed E-state index contributed by atoms with van der Waals surface area (Å²) in [7, 11) is -3.70. The summed E-state index contributed by atoms with van der Waals surface area (Å²) < 4.78 is 35.7. The van der Waals surface area contributed by atoms with E-state index in [9.17, 15) is 17.6 Å². The van der Waals surface area contributed by atoms with Crippen molar-refractivity contribution in [3.63, 3.8) is 0 Å². The molecule has 2 rings (SSSR count). The summed E-state index contributed by atoms with van der Waals surface area (Å²) in [6, 6.07) is 12.3. The molecule has 2 aromatic rings. The van der Waals surface area contributed by atoms with E-state index in [1.807, 2.05) is 0 Å². The largest absolute Gasteiger partial charge is 0.355 e. The average Bonchev–Trinajstić information content (AvgIpc) is 2.49. The highest BCUT2D eigenvalue weighted by molar-refractivity contribution is 7.89. The predicted octanol–water partition coefficient (Wildman–Crippen LogP) is 1.37. The fourth-order valence-electron chi connectivity index (χ4n) is 2.07. The summed E-state index contributed by atoms with van der Waals surface area (Å²) in [6.45, 7) is 0.377. The molecule has 7 heteroatoms. The Hall–Kier alpha value is -2.25. The van der Waals surface area contributed by atoms with Crippen LogP contribution in [0.5, 0.6) is 0 Å². The Labute approximate surface area is 134 Å². The summed E-state index contributed by atoms with van der Waals surface area (Å²) in [5.74, 6) is -0.669. The number of hydrogen-bond acceptors (Lipinski definition) is 3. The normalized spacial score (nSPS) is 11.2. The zero-order valence-electron chi connectivity index (χ0n) is 12.3. The van der Waals surface area contributed by atoms with Crippen molar-refractivity contribution in [3.8, 4) is 0 Å². The molecule has 0 aromatic heterocycles. The minimum atomic E-state index is -3.70. The lowest BCUT2D eigenvalue weighted by Crippen LogP contribution is -2.27. The van der Waals surface area contributed by atoms with E-state index in [0.29, 0.717) is 18.5 Å². The first-order valence-electron chi connectivity index (χ1n) is 6.98. The quantitative estimate of drug-likeness (QED) is 0.835. The fourth-order valence-corrected chi connectivity index (χ4v) is 2.58. The van der Waals surface area contributed by atoms with E-state index in [0.717, 1.165) is 5.56 Å². The molecule has 0 radical (unpaired) electrons. The van der Waals surface area contributed by atoms with Crippen molar-refractivity contribution in [2.45, 2.75) is 17.7 Å². The molecular weight excluding hydrogens is 319 g/mol. The molecule has 0 unspecified atom stereocenters. The Morgan fingerprint density at radius 3 is 2.35 bits per heavy atom. The minimum Gasteiger partial charge on any atom is -0.355 e. The Balaban J connectivity index is 1.83. The van der Waals surface area contributed by atoms with Crippen LogP contribution in [0.15, 0.2) is 53.4 Å². The molecule has 3 N–H and O–H groups in total. The Bertz CT molecular complexity index is 789. The minimum absolute atomic E-state index is 0.0168. The summed E-state index contributed by atoms with van der Waals surface area (Å²) in [5.41, 5.74) is 1.21. The molecule has 0 aliphatic heterocycles. The molecule has 0 saturated carbocycles. The number of sulfonamides is 1. The molecule has 0 heterocycles. The molecule has 0 atom stereocenters. The monoisotopic (exact) mass is 336 g/mol. The van der Waals surface area contributed by atoms with Crippen molar-refractivity contribution in [2.24, 2.45) is 5.14 Å². The molecule has 0 bridgehead atoms. The molecule has 0 saturated heterocycles. The van der Waals surface area contributed by atoms with Crippen molar-refractivity contribution < 1.29 is 17.6 Å². The van der Waals surface area contributed by atoms with Crippen LogP contribution in [0.1, 0.15) is 11.1 Å². The van der Waals surface area contributed by atoms with Gasteiger partial charge in [-0.25, -0.2) is 17.9 Å². The number of nitrogens with two attached hydrogens (primary N) is 1. The Kier molecular flexibility index (Phi) is 5.46. The zero-order valence-corrected chi connectivity index (χ0v) is 13.1. The smallest absolute Gasteiger partial charge is 0.238 e. The van der Waals surface area contributed by atoms with Crippen molar-refractivity contribution in [1.82, 2.24) is 5.32 Å². The van der Waals surface area contributed by atoms with Crippen LogP contribution in [0, 0.1) is 5.82 Å². The number of benzene rings is 2. The third-order valence-corrected chi connectivity index (χ3v) is 4.23. The number of amides is 1. The number of rotatable bonds is 6. The second kappa shape index (κ2) is 7.34. The van der Waals surface area contributed by atoms with Gasteiger partial charge >= 0.3 is 0 Å².